The molecule has 0 spiro atoms. The highest BCUT2D eigenvalue weighted by Gasteiger charge is 2.09. The molecule has 0 aliphatic rings. The third kappa shape index (κ3) is 2.76. The van der Waals surface area contributed by atoms with Gasteiger partial charge in [0.25, 0.3) is 11.5 Å². The molecule has 0 unspecified atom stereocenters. The Morgan fingerprint density at radius 1 is 1.24 bits per heavy atom. The summed E-state index contributed by atoms with van der Waals surface area (Å²) in [5, 5.41) is 11.3. The van der Waals surface area contributed by atoms with E-state index in [9.17, 15) is 9.59 Å². The topological polar surface area (TPSA) is 101 Å². The van der Waals surface area contributed by atoms with Crippen LogP contribution in [0.5, 0.6) is 0 Å². The summed E-state index contributed by atoms with van der Waals surface area (Å²) in [6.07, 6.45) is 6.07. The lowest BCUT2D eigenvalue weighted by Crippen LogP contribution is -2.24. The van der Waals surface area contributed by atoms with Crippen LogP contribution >= 0.6 is 0 Å². The summed E-state index contributed by atoms with van der Waals surface area (Å²) < 4.78 is 0. The van der Waals surface area contributed by atoms with Crippen LogP contribution in [0.15, 0.2) is 47.8 Å². The van der Waals surface area contributed by atoms with Gasteiger partial charge in [-0.2, -0.15) is 10.2 Å². The molecular formula is C14H11N5O2. The van der Waals surface area contributed by atoms with Gasteiger partial charge in [-0.25, -0.2) is 0 Å². The molecule has 0 bridgehead atoms. The first-order chi connectivity index (χ1) is 10.2. The van der Waals surface area contributed by atoms with Gasteiger partial charge in [-0.15, -0.1) is 0 Å². The Balaban J connectivity index is 1.80. The number of rotatable bonds is 3. The molecule has 0 saturated carbocycles. The largest absolute Gasteiger partial charge is 0.347 e. The van der Waals surface area contributed by atoms with Crippen LogP contribution in [0.2, 0.25) is 0 Å². The van der Waals surface area contributed by atoms with E-state index in [2.05, 4.69) is 25.5 Å². The summed E-state index contributed by atoms with van der Waals surface area (Å²) in [5.41, 5.74) is 0.875. The van der Waals surface area contributed by atoms with Crippen LogP contribution in [0.4, 0.5) is 0 Å². The van der Waals surface area contributed by atoms with Crippen molar-refractivity contribution in [1.82, 2.24) is 25.5 Å². The van der Waals surface area contributed by atoms with Gasteiger partial charge in [0.2, 0.25) is 0 Å². The van der Waals surface area contributed by atoms with Crippen molar-refractivity contribution in [3.63, 3.8) is 0 Å². The quantitative estimate of drug-likeness (QED) is 0.734. The van der Waals surface area contributed by atoms with Crippen molar-refractivity contribution >= 4 is 16.7 Å². The van der Waals surface area contributed by atoms with Crippen molar-refractivity contribution < 1.29 is 4.79 Å². The lowest BCUT2D eigenvalue weighted by atomic mass is 10.2. The minimum Gasteiger partial charge on any atom is -0.347 e. The number of hydrogen-bond donors (Lipinski definition) is 2. The lowest BCUT2D eigenvalue weighted by molar-refractivity contribution is 0.0946. The second-order valence-electron chi connectivity index (χ2n) is 4.40. The zero-order chi connectivity index (χ0) is 14.7. The first-order valence-corrected chi connectivity index (χ1v) is 6.25. The number of fused-ring (bicyclic) bond motifs is 1. The highest BCUT2D eigenvalue weighted by Crippen LogP contribution is 2.09. The molecule has 3 aromatic heterocycles. The minimum atomic E-state index is -0.311. The Morgan fingerprint density at radius 2 is 2.14 bits per heavy atom. The predicted octanol–water partition coefficient (Wildman–Crippen LogP) is 0.643. The van der Waals surface area contributed by atoms with E-state index in [0.29, 0.717) is 17.3 Å². The van der Waals surface area contributed by atoms with Crippen molar-refractivity contribution in [3.05, 3.63) is 64.6 Å². The molecule has 1 amide bonds. The molecule has 3 rings (SSSR count). The fourth-order valence-corrected chi connectivity index (χ4v) is 1.90. The Labute approximate surface area is 119 Å². The number of carbonyl (C=O) groups is 1. The van der Waals surface area contributed by atoms with E-state index >= 15 is 0 Å². The fourth-order valence-electron chi connectivity index (χ4n) is 1.90. The monoisotopic (exact) mass is 281 g/mol. The minimum absolute atomic E-state index is 0.227. The van der Waals surface area contributed by atoms with Crippen LogP contribution in [0, 0.1) is 0 Å². The molecule has 0 aliphatic heterocycles. The third-order valence-electron chi connectivity index (χ3n) is 2.99. The maximum absolute atomic E-state index is 12.1. The first kappa shape index (κ1) is 12.9. The van der Waals surface area contributed by atoms with Gasteiger partial charge >= 0.3 is 0 Å². The smallest absolute Gasteiger partial charge is 0.270 e. The molecule has 3 heterocycles. The highest BCUT2D eigenvalue weighted by molar-refractivity contribution is 5.96. The average Bonchev–Trinajstić information content (AvgIpc) is 2.53. The summed E-state index contributed by atoms with van der Waals surface area (Å²) in [4.78, 5) is 30.2. The fraction of sp³-hybridized carbons (Fsp3) is 0.0714. The maximum atomic E-state index is 12.1. The summed E-state index contributed by atoms with van der Waals surface area (Å²) in [6.45, 7) is 0.337. The SMILES string of the molecule is O=C(NCc1ccnnc1)c1cc2cc[nH]c(=O)c2cn1. The molecule has 0 atom stereocenters. The Morgan fingerprint density at radius 3 is 2.95 bits per heavy atom. The summed E-state index contributed by atoms with van der Waals surface area (Å²) in [6, 6.07) is 5.08. The van der Waals surface area contributed by atoms with Crippen LogP contribution in [0.25, 0.3) is 10.8 Å². The van der Waals surface area contributed by atoms with Gasteiger partial charge < -0.3 is 10.3 Å². The number of H-pyrrole nitrogens is 1. The number of amides is 1. The van der Waals surface area contributed by atoms with Crippen LogP contribution in [0.3, 0.4) is 0 Å². The van der Waals surface area contributed by atoms with E-state index in [-0.39, 0.29) is 17.2 Å². The highest BCUT2D eigenvalue weighted by atomic mass is 16.2. The molecule has 0 aromatic carbocycles. The molecule has 3 aromatic rings. The van der Waals surface area contributed by atoms with Gasteiger partial charge in [-0.1, -0.05) is 0 Å². The van der Waals surface area contributed by atoms with Gasteiger partial charge in [-0.3, -0.25) is 14.6 Å². The van der Waals surface area contributed by atoms with E-state index in [1.807, 2.05) is 0 Å². The second-order valence-corrected chi connectivity index (χ2v) is 4.40. The normalized spacial score (nSPS) is 10.5. The van der Waals surface area contributed by atoms with Crippen LogP contribution in [-0.2, 0) is 6.54 Å². The zero-order valence-corrected chi connectivity index (χ0v) is 10.9. The number of aromatic nitrogens is 4. The van der Waals surface area contributed by atoms with Gasteiger partial charge in [0.15, 0.2) is 0 Å². The summed E-state index contributed by atoms with van der Waals surface area (Å²) in [7, 11) is 0. The standard InChI is InChI=1S/C14H11N5O2/c20-13-11-8-16-12(5-10(11)2-3-15-13)14(21)17-6-9-1-4-18-19-7-9/h1-5,7-8H,6H2,(H,15,20)(H,17,21). The van der Waals surface area contributed by atoms with Crippen LogP contribution in [0.1, 0.15) is 16.1 Å². The van der Waals surface area contributed by atoms with E-state index < -0.39 is 0 Å². The van der Waals surface area contributed by atoms with Crippen LogP contribution < -0.4 is 10.9 Å². The average molecular weight is 281 g/mol. The molecule has 7 heteroatoms. The van der Waals surface area contributed by atoms with Gasteiger partial charge in [0.05, 0.1) is 11.6 Å². The molecule has 0 fully saturated rings. The van der Waals surface area contributed by atoms with Crippen molar-refractivity contribution in [2.24, 2.45) is 0 Å². The summed E-state index contributed by atoms with van der Waals surface area (Å²) >= 11 is 0. The van der Waals surface area contributed by atoms with E-state index in [0.717, 1.165) is 5.56 Å². The van der Waals surface area contributed by atoms with Gasteiger partial charge in [0, 0.05) is 25.1 Å². The first-order valence-electron chi connectivity index (χ1n) is 6.25. The number of aromatic amines is 1. The molecule has 7 nitrogen and oxygen atoms in total. The molecule has 21 heavy (non-hydrogen) atoms. The third-order valence-corrected chi connectivity index (χ3v) is 2.99. The van der Waals surface area contributed by atoms with E-state index in [4.69, 9.17) is 0 Å². The number of nitrogens with one attached hydrogen (secondary N) is 2. The molecule has 104 valence electrons. The van der Waals surface area contributed by atoms with Crippen molar-refractivity contribution in [2.45, 2.75) is 6.54 Å². The Hall–Kier alpha value is -3.09. The number of nitrogens with zero attached hydrogens (tertiary/aromatic N) is 3. The van der Waals surface area contributed by atoms with Crippen LogP contribution in [-0.4, -0.2) is 26.1 Å². The molecule has 0 aliphatic carbocycles. The molecule has 0 radical (unpaired) electrons. The van der Waals surface area contributed by atoms with Gasteiger partial charge in [0.1, 0.15) is 5.69 Å². The second kappa shape index (κ2) is 5.49. The molecular weight excluding hydrogens is 270 g/mol. The Bertz CT molecular complexity index is 845. The predicted molar refractivity (Wildman–Crippen MR) is 75.6 cm³/mol. The lowest BCUT2D eigenvalue weighted by Gasteiger charge is -2.05. The Kier molecular flexibility index (Phi) is 3.38. The molecule has 2 N–H and O–H groups in total. The molecule has 0 saturated heterocycles. The summed E-state index contributed by atoms with van der Waals surface area (Å²) in [5.74, 6) is -0.311. The van der Waals surface area contributed by atoms with Crippen molar-refractivity contribution in [1.29, 1.82) is 0 Å². The van der Waals surface area contributed by atoms with E-state index in [1.54, 1.807) is 30.6 Å². The maximum Gasteiger partial charge on any atom is 0.270 e. The number of hydrogen-bond acceptors (Lipinski definition) is 5. The zero-order valence-electron chi connectivity index (χ0n) is 10.9. The van der Waals surface area contributed by atoms with Gasteiger partial charge in [-0.05, 0) is 29.1 Å². The van der Waals surface area contributed by atoms with Crippen molar-refractivity contribution in [2.75, 3.05) is 0 Å². The van der Waals surface area contributed by atoms with Crippen molar-refractivity contribution in [3.8, 4) is 0 Å². The number of pyridine rings is 2. The number of carbonyl (C=O) groups excluding carboxylic acids is 1. The van der Waals surface area contributed by atoms with E-state index in [1.165, 1.54) is 12.4 Å².